The van der Waals surface area contributed by atoms with Crippen LogP contribution in [0.3, 0.4) is 0 Å². The molecule has 0 bridgehead atoms. The minimum atomic E-state index is -1.88. The molecule has 27 heavy (non-hydrogen) atoms. The Kier molecular flexibility index (Phi) is 6.04. The molecule has 1 aromatic heterocycles. The zero-order valence-corrected chi connectivity index (χ0v) is 15.3. The van der Waals surface area contributed by atoms with Gasteiger partial charge in [0.25, 0.3) is 0 Å². The van der Waals surface area contributed by atoms with E-state index in [0.717, 1.165) is 14.0 Å². The predicted molar refractivity (Wildman–Crippen MR) is 88.9 cm³/mol. The summed E-state index contributed by atoms with van der Waals surface area (Å²) in [6.45, 7) is 3.49. The summed E-state index contributed by atoms with van der Waals surface area (Å²) in [5.41, 5.74) is -1.67. The lowest BCUT2D eigenvalue weighted by molar-refractivity contribution is -0.184. The molecule has 0 amide bonds. The smallest absolute Gasteiger partial charge is 0.354 e. The topological polar surface area (TPSA) is 118 Å². The van der Waals surface area contributed by atoms with Crippen LogP contribution in [0.2, 0.25) is 0 Å². The summed E-state index contributed by atoms with van der Waals surface area (Å²) in [6.07, 6.45) is 0.205. The van der Waals surface area contributed by atoms with E-state index in [0.29, 0.717) is 0 Å². The van der Waals surface area contributed by atoms with Gasteiger partial charge >= 0.3 is 23.9 Å². The van der Waals surface area contributed by atoms with Gasteiger partial charge in [-0.3, -0.25) is 14.4 Å². The number of ether oxygens (including phenoxy) is 4. The van der Waals surface area contributed by atoms with E-state index in [2.05, 4.69) is 0 Å². The largest absolute Gasteiger partial charge is 0.466 e. The maximum absolute atomic E-state index is 12.5. The van der Waals surface area contributed by atoms with Gasteiger partial charge in [-0.1, -0.05) is 0 Å². The highest BCUT2D eigenvalue weighted by Gasteiger charge is 2.52. The van der Waals surface area contributed by atoms with Gasteiger partial charge in [-0.25, -0.2) is 4.79 Å². The first-order valence-electron chi connectivity index (χ1n) is 8.07. The summed E-state index contributed by atoms with van der Waals surface area (Å²) in [5.74, 6) is -2.67. The summed E-state index contributed by atoms with van der Waals surface area (Å²) >= 11 is 0. The number of carbonyl (C=O) groups is 4. The van der Waals surface area contributed by atoms with Crippen molar-refractivity contribution in [3.8, 4) is 0 Å². The van der Waals surface area contributed by atoms with E-state index in [-0.39, 0.29) is 17.8 Å². The molecule has 9 heteroatoms. The van der Waals surface area contributed by atoms with E-state index in [1.54, 1.807) is 12.1 Å². The Bertz CT molecular complexity index is 762. The van der Waals surface area contributed by atoms with Gasteiger partial charge in [-0.15, -0.1) is 0 Å². The number of furan rings is 1. The average Bonchev–Trinajstić information content (AvgIpc) is 3.09. The standard InChI is InChI=1S/C18H20O9/c1-10(19)25-15-9-18(17(22)23-4,27-12(3)21)8-13(14-6-5-7-24-14)16(15)26-11(2)20/h5-8,15-16H,9H2,1-4H3/t15-,16-,18+/m1/s1. The fourth-order valence-electron chi connectivity index (χ4n) is 2.97. The molecule has 1 heterocycles. The van der Waals surface area contributed by atoms with Crippen LogP contribution in [-0.2, 0) is 38.1 Å². The average molecular weight is 380 g/mol. The molecule has 0 unspecified atom stereocenters. The molecule has 0 aliphatic heterocycles. The summed E-state index contributed by atoms with van der Waals surface area (Å²) in [6, 6.07) is 3.15. The third kappa shape index (κ3) is 4.55. The Balaban J connectivity index is 2.66. The number of carbonyl (C=O) groups excluding carboxylic acids is 4. The molecule has 0 saturated heterocycles. The molecule has 0 spiro atoms. The Morgan fingerprint density at radius 3 is 2.22 bits per heavy atom. The summed E-state index contributed by atoms with van der Waals surface area (Å²) in [4.78, 5) is 47.3. The van der Waals surface area contributed by atoms with Gasteiger partial charge in [0, 0.05) is 32.8 Å². The van der Waals surface area contributed by atoms with Crippen molar-refractivity contribution >= 4 is 29.5 Å². The first-order chi connectivity index (χ1) is 12.7. The van der Waals surface area contributed by atoms with Crippen molar-refractivity contribution in [1.29, 1.82) is 0 Å². The van der Waals surface area contributed by atoms with Gasteiger partial charge in [-0.05, 0) is 18.2 Å². The van der Waals surface area contributed by atoms with Crippen LogP contribution in [0.4, 0.5) is 0 Å². The first kappa shape index (κ1) is 20.2. The van der Waals surface area contributed by atoms with Crippen molar-refractivity contribution in [2.75, 3.05) is 7.11 Å². The monoisotopic (exact) mass is 380 g/mol. The normalized spacial score (nSPS) is 24.4. The maximum Gasteiger partial charge on any atom is 0.354 e. The Morgan fingerprint density at radius 1 is 1.07 bits per heavy atom. The number of hydrogen-bond acceptors (Lipinski definition) is 9. The fraction of sp³-hybridized carbons (Fsp3) is 0.444. The van der Waals surface area contributed by atoms with Crippen LogP contribution < -0.4 is 0 Å². The molecule has 1 aliphatic rings. The van der Waals surface area contributed by atoms with E-state index in [1.165, 1.54) is 26.2 Å². The lowest BCUT2D eigenvalue weighted by atomic mass is 9.81. The van der Waals surface area contributed by atoms with Gasteiger partial charge in [0.2, 0.25) is 5.60 Å². The SMILES string of the molecule is COC(=O)[C@]1(OC(C)=O)C=C(c2ccco2)[C@@H](OC(C)=O)[C@H](OC(C)=O)C1. The van der Waals surface area contributed by atoms with E-state index < -0.39 is 41.7 Å². The molecule has 0 N–H and O–H groups in total. The van der Waals surface area contributed by atoms with Gasteiger partial charge < -0.3 is 23.4 Å². The number of hydrogen-bond donors (Lipinski definition) is 0. The highest BCUT2D eigenvalue weighted by atomic mass is 16.6. The molecule has 3 atom stereocenters. The summed E-state index contributed by atoms with van der Waals surface area (Å²) in [7, 11) is 1.13. The lowest BCUT2D eigenvalue weighted by Crippen LogP contribution is -2.52. The Morgan fingerprint density at radius 2 is 1.74 bits per heavy atom. The third-order valence-corrected chi connectivity index (χ3v) is 3.81. The van der Waals surface area contributed by atoms with E-state index in [1.807, 2.05) is 0 Å². The Hall–Kier alpha value is -3.10. The quantitative estimate of drug-likeness (QED) is 0.551. The zero-order valence-electron chi connectivity index (χ0n) is 15.3. The number of methoxy groups -OCH3 is 1. The van der Waals surface area contributed by atoms with Crippen molar-refractivity contribution in [2.24, 2.45) is 0 Å². The van der Waals surface area contributed by atoms with Crippen molar-refractivity contribution in [1.82, 2.24) is 0 Å². The second-order valence-electron chi connectivity index (χ2n) is 5.93. The molecule has 0 aromatic carbocycles. The van der Waals surface area contributed by atoms with E-state index >= 15 is 0 Å². The first-order valence-corrected chi connectivity index (χ1v) is 8.07. The van der Waals surface area contributed by atoms with Crippen LogP contribution in [0, 0.1) is 0 Å². The van der Waals surface area contributed by atoms with Crippen molar-refractivity contribution < 1.29 is 42.5 Å². The molecule has 1 aliphatic carbocycles. The highest BCUT2D eigenvalue weighted by Crippen LogP contribution is 2.39. The van der Waals surface area contributed by atoms with Gasteiger partial charge in [0.1, 0.15) is 11.9 Å². The van der Waals surface area contributed by atoms with Gasteiger partial charge in [-0.2, -0.15) is 0 Å². The second kappa shape index (κ2) is 8.07. The molecule has 146 valence electrons. The molecule has 2 rings (SSSR count). The highest BCUT2D eigenvalue weighted by molar-refractivity contribution is 5.89. The molecular weight excluding hydrogens is 360 g/mol. The summed E-state index contributed by atoms with van der Waals surface area (Å²) < 4.78 is 26.0. The zero-order chi connectivity index (χ0) is 20.2. The molecule has 1 aromatic rings. The maximum atomic E-state index is 12.5. The Labute approximate surface area is 155 Å². The molecular formula is C18H20O9. The minimum Gasteiger partial charge on any atom is -0.466 e. The lowest BCUT2D eigenvalue weighted by Gasteiger charge is -2.39. The molecule has 9 nitrogen and oxygen atoms in total. The van der Waals surface area contributed by atoms with Crippen molar-refractivity contribution in [3.05, 3.63) is 30.2 Å². The predicted octanol–water partition coefficient (Wildman–Crippen LogP) is 1.40. The second-order valence-corrected chi connectivity index (χ2v) is 5.93. The molecule has 0 saturated carbocycles. The number of rotatable bonds is 5. The van der Waals surface area contributed by atoms with E-state index in [9.17, 15) is 19.2 Å². The van der Waals surface area contributed by atoms with Crippen LogP contribution in [0.25, 0.3) is 5.57 Å². The van der Waals surface area contributed by atoms with Crippen LogP contribution >= 0.6 is 0 Å². The van der Waals surface area contributed by atoms with Crippen molar-refractivity contribution in [3.63, 3.8) is 0 Å². The van der Waals surface area contributed by atoms with Crippen LogP contribution in [0.1, 0.15) is 33.0 Å². The van der Waals surface area contributed by atoms with E-state index in [4.69, 9.17) is 23.4 Å². The minimum absolute atomic E-state index is 0.208. The molecule has 0 radical (unpaired) electrons. The van der Waals surface area contributed by atoms with Crippen molar-refractivity contribution in [2.45, 2.75) is 45.0 Å². The fourth-order valence-corrected chi connectivity index (χ4v) is 2.97. The van der Waals surface area contributed by atoms with Crippen LogP contribution in [0.15, 0.2) is 28.9 Å². The summed E-state index contributed by atoms with van der Waals surface area (Å²) in [5, 5.41) is 0. The van der Waals surface area contributed by atoms with Gasteiger partial charge in [0.15, 0.2) is 6.10 Å². The van der Waals surface area contributed by atoms with Crippen LogP contribution in [0.5, 0.6) is 0 Å². The third-order valence-electron chi connectivity index (χ3n) is 3.81. The number of esters is 4. The molecule has 0 fully saturated rings. The van der Waals surface area contributed by atoms with Gasteiger partial charge in [0.05, 0.1) is 13.4 Å². The van der Waals surface area contributed by atoms with Crippen LogP contribution in [-0.4, -0.2) is 48.8 Å².